The van der Waals surface area contributed by atoms with Crippen LogP contribution in [0.25, 0.3) is 0 Å². The van der Waals surface area contributed by atoms with Gasteiger partial charge in [-0.1, -0.05) is 226 Å². The summed E-state index contributed by atoms with van der Waals surface area (Å²) in [7, 11) is 0. The van der Waals surface area contributed by atoms with Crippen LogP contribution in [0.1, 0.15) is 239 Å². The van der Waals surface area contributed by atoms with Crippen molar-refractivity contribution in [1.29, 1.82) is 0 Å². The summed E-state index contributed by atoms with van der Waals surface area (Å²) in [5.41, 5.74) is 0. The van der Waals surface area contributed by atoms with Crippen molar-refractivity contribution in [2.45, 2.75) is 294 Å². The quantitative estimate of drug-likeness (QED) is 0.0275. The number of unbranched alkanes of at least 4 members (excludes halogenated alkanes) is 31. The molecular weight excluding hydrogens is 763 g/mol. The summed E-state index contributed by atoms with van der Waals surface area (Å²) in [6.07, 6.45) is 30.5. The maximum atomic E-state index is 13.1. The third-order valence-corrected chi connectivity index (χ3v) is 12.7. The molecule has 0 saturated carbocycles. The Hall–Kier alpha value is -0.890. The second-order valence-electron chi connectivity index (χ2n) is 18.3. The molecule has 1 fully saturated rings. The monoisotopic (exact) mass is 860 g/mol. The van der Waals surface area contributed by atoms with E-state index < -0.39 is 74.2 Å². The van der Waals surface area contributed by atoms with Crippen LogP contribution in [0.4, 0.5) is 0 Å². The topological polar surface area (TPSA) is 189 Å². The summed E-state index contributed by atoms with van der Waals surface area (Å²) in [4.78, 5) is 13.1. The number of hydrogen-bond donors (Lipinski definition) is 8. The molecule has 0 aromatic rings. The highest BCUT2D eigenvalue weighted by Gasteiger charge is 2.44. The van der Waals surface area contributed by atoms with Gasteiger partial charge in [0.2, 0.25) is 5.91 Å². The van der Waals surface area contributed by atoms with Gasteiger partial charge in [-0.05, 0) is 12.8 Å². The molecular formula is C49H97NO10. The van der Waals surface area contributed by atoms with Crippen molar-refractivity contribution in [3.05, 3.63) is 0 Å². The highest BCUT2D eigenvalue weighted by molar-refractivity contribution is 5.80. The summed E-state index contributed by atoms with van der Waals surface area (Å²) in [6, 6.07) is -1.16. The van der Waals surface area contributed by atoms with Gasteiger partial charge in [-0.2, -0.15) is 0 Å². The van der Waals surface area contributed by atoms with Crippen molar-refractivity contribution in [2.24, 2.45) is 0 Å². The van der Waals surface area contributed by atoms with Gasteiger partial charge in [0.15, 0.2) is 6.29 Å². The van der Waals surface area contributed by atoms with Crippen molar-refractivity contribution in [1.82, 2.24) is 5.32 Å². The van der Waals surface area contributed by atoms with E-state index in [0.29, 0.717) is 19.3 Å². The molecule has 0 aromatic heterocycles. The fourth-order valence-corrected chi connectivity index (χ4v) is 8.44. The predicted molar refractivity (Wildman–Crippen MR) is 243 cm³/mol. The number of carbonyl (C=O) groups is 1. The Morgan fingerprint density at radius 1 is 0.517 bits per heavy atom. The van der Waals surface area contributed by atoms with Crippen molar-refractivity contribution < 1.29 is 50.0 Å². The molecule has 9 unspecified atom stereocenters. The first-order chi connectivity index (χ1) is 29.2. The second-order valence-corrected chi connectivity index (χ2v) is 18.3. The Bertz CT molecular complexity index is 944. The van der Waals surface area contributed by atoms with Crippen LogP contribution in [0.5, 0.6) is 0 Å². The third kappa shape index (κ3) is 28.7. The van der Waals surface area contributed by atoms with Crippen molar-refractivity contribution in [3.8, 4) is 0 Å². The Labute approximate surface area is 367 Å². The SMILES string of the molecule is CCCCCCCCCCCCCCCCCCCCCCCCCCCC(O)C(=O)NC(COC1OC(CO)C(O)C(O)C1O)C(O)C(O)CCCCCCCCCC. The van der Waals surface area contributed by atoms with Crippen LogP contribution in [-0.4, -0.2) is 110 Å². The Kier molecular flexibility index (Phi) is 37.8. The molecule has 1 aliphatic heterocycles. The van der Waals surface area contributed by atoms with Gasteiger partial charge < -0.3 is 50.5 Å². The number of nitrogens with one attached hydrogen (secondary N) is 1. The van der Waals surface area contributed by atoms with E-state index >= 15 is 0 Å². The largest absolute Gasteiger partial charge is 0.394 e. The first kappa shape index (κ1) is 57.1. The number of hydrogen-bond acceptors (Lipinski definition) is 10. The molecule has 0 aliphatic carbocycles. The lowest BCUT2D eigenvalue weighted by atomic mass is 9.98. The van der Waals surface area contributed by atoms with Crippen LogP contribution < -0.4 is 5.32 Å². The van der Waals surface area contributed by atoms with Crippen LogP contribution >= 0.6 is 0 Å². The number of rotatable bonds is 43. The normalized spacial score (nSPS) is 21.5. The van der Waals surface area contributed by atoms with Crippen LogP contribution in [0, 0.1) is 0 Å². The van der Waals surface area contributed by atoms with E-state index in [1.54, 1.807) is 0 Å². The van der Waals surface area contributed by atoms with Crippen molar-refractivity contribution in [3.63, 3.8) is 0 Å². The van der Waals surface area contributed by atoms with Crippen LogP contribution in [-0.2, 0) is 14.3 Å². The fraction of sp³-hybridized carbons (Fsp3) is 0.980. The smallest absolute Gasteiger partial charge is 0.249 e. The first-order valence-electron chi connectivity index (χ1n) is 25.4. The van der Waals surface area contributed by atoms with Crippen molar-refractivity contribution in [2.75, 3.05) is 13.2 Å². The summed E-state index contributed by atoms with van der Waals surface area (Å²) < 4.78 is 11.1. The molecule has 9 atom stereocenters. The minimum atomic E-state index is -1.65. The van der Waals surface area contributed by atoms with Gasteiger partial charge in [0, 0.05) is 0 Å². The molecule has 358 valence electrons. The molecule has 1 aliphatic rings. The van der Waals surface area contributed by atoms with E-state index in [1.807, 2.05) is 0 Å². The first-order valence-corrected chi connectivity index (χ1v) is 25.4. The van der Waals surface area contributed by atoms with Gasteiger partial charge in [0.05, 0.1) is 25.4 Å². The van der Waals surface area contributed by atoms with Gasteiger partial charge in [0.25, 0.3) is 0 Å². The zero-order valence-electron chi connectivity index (χ0n) is 38.7. The molecule has 11 nitrogen and oxygen atoms in total. The maximum Gasteiger partial charge on any atom is 0.249 e. The minimum absolute atomic E-state index is 0.266. The van der Waals surface area contributed by atoms with Gasteiger partial charge in [-0.15, -0.1) is 0 Å². The summed E-state index contributed by atoms with van der Waals surface area (Å²) in [5.74, 6) is -0.694. The maximum absolute atomic E-state index is 13.1. The van der Waals surface area contributed by atoms with Gasteiger partial charge in [-0.25, -0.2) is 0 Å². The van der Waals surface area contributed by atoms with Crippen LogP contribution in [0.3, 0.4) is 0 Å². The number of aliphatic hydroxyl groups excluding tert-OH is 7. The molecule has 8 N–H and O–H groups in total. The van der Waals surface area contributed by atoms with Crippen LogP contribution in [0.2, 0.25) is 0 Å². The molecule has 1 rings (SSSR count). The van der Waals surface area contributed by atoms with E-state index in [-0.39, 0.29) is 6.42 Å². The molecule has 60 heavy (non-hydrogen) atoms. The zero-order chi connectivity index (χ0) is 44.1. The summed E-state index contributed by atoms with van der Waals surface area (Å²) in [6.45, 7) is 3.42. The van der Waals surface area contributed by atoms with Crippen molar-refractivity contribution >= 4 is 5.91 Å². The molecule has 0 spiro atoms. The molecule has 1 heterocycles. The van der Waals surface area contributed by atoms with E-state index in [2.05, 4.69) is 19.2 Å². The van der Waals surface area contributed by atoms with E-state index in [0.717, 1.165) is 38.5 Å². The highest BCUT2D eigenvalue weighted by atomic mass is 16.7. The minimum Gasteiger partial charge on any atom is -0.394 e. The molecule has 11 heteroatoms. The molecule has 1 saturated heterocycles. The Balaban J connectivity index is 2.24. The zero-order valence-corrected chi connectivity index (χ0v) is 38.7. The molecule has 1 amide bonds. The highest BCUT2D eigenvalue weighted by Crippen LogP contribution is 2.23. The molecule has 0 bridgehead atoms. The Morgan fingerprint density at radius 2 is 0.867 bits per heavy atom. The van der Waals surface area contributed by atoms with E-state index in [4.69, 9.17) is 9.47 Å². The van der Waals surface area contributed by atoms with Gasteiger partial charge >= 0.3 is 0 Å². The summed E-state index contributed by atoms with van der Waals surface area (Å²) in [5, 5.41) is 75.5. The standard InChI is InChI=1S/C49H97NO10/c1-3-5-7-9-11-13-14-15-16-17-18-19-20-21-22-23-24-25-26-27-28-29-31-33-35-37-42(53)48(58)50-40(39-59-49-47(57)46(56)45(55)43(38-51)60-49)44(54)41(52)36-34-32-30-12-10-8-6-4-2/h40-47,49,51-57H,3-39H2,1-2H3,(H,50,58). The number of amides is 1. The number of carbonyl (C=O) groups excluding carboxylic acids is 1. The predicted octanol–water partition coefficient (Wildman–Crippen LogP) is 9.06. The average Bonchev–Trinajstić information content (AvgIpc) is 3.25. The summed E-state index contributed by atoms with van der Waals surface area (Å²) >= 11 is 0. The lowest BCUT2D eigenvalue weighted by molar-refractivity contribution is -0.303. The Morgan fingerprint density at radius 3 is 1.23 bits per heavy atom. The number of ether oxygens (including phenoxy) is 2. The van der Waals surface area contributed by atoms with E-state index in [1.165, 1.54) is 161 Å². The van der Waals surface area contributed by atoms with E-state index in [9.17, 15) is 40.5 Å². The lowest BCUT2D eigenvalue weighted by Crippen LogP contribution is -2.60. The number of aliphatic hydroxyl groups is 7. The van der Waals surface area contributed by atoms with Crippen LogP contribution in [0.15, 0.2) is 0 Å². The lowest BCUT2D eigenvalue weighted by Gasteiger charge is -2.40. The molecule has 0 aromatic carbocycles. The third-order valence-electron chi connectivity index (χ3n) is 12.7. The average molecular weight is 860 g/mol. The second kappa shape index (κ2) is 39.7. The van der Waals surface area contributed by atoms with Gasteiger partial charge in [-0.3, -0.25) is 4.79 Å². The van der Waals surface area contributed by atoms with Gasteiger partial charge in [0.1, 0.15) is 36.6 Å². The molecule has 0 radical (unpaired) electrons. The fourth-order valence-electron chi connectivity index (χ4n) is 8.44.